The number of rotatable bonds is 5. The number of fused-ring (bicyclic) bond motifs is 2. The first-order chi connectivity index (χ1) is 9.80. The summed E-state index contributed by atoms with van der Waals surface area (Å²) < 4.78 is 7.49. The molecule has 2 aliphatic heterocycles. The number of imidazole rings is 1. The van der Waals surface area contributed by atoms with Gasteiger partial charge in [-0.15, -0.1) is 0 Å². The van der Waals surface area contributed by atoms with E-state index < -0.39 is 0 Å². The predicted octanol–water partition coefficient (Wildman–Crippen LogP) is 1.42. The molecule has 2 fully saturated rings. The van der Waals surface area contributed by atoms with Crippen LogP contribution < -0.4 is 10.2 Å². The summed E-state index contributed by atoms with van der Waals surface area (Å²) in [4.78, 5) is 7.30. The third kappa shape index (κ3) is 2.83. The molecule has 2 aliphatic rings. The lowest BCUT2D eigenvalue weighted by atomic mass is 10.1. The molecule has 0 aliphatic carbocycles. The number of methoxy groups -OCH3 is 1. The van der Waals surface area contributed by atoms with Crippen molar-refractivity contribution in [3.8, 4) is 0 Å². The highest BCUT2D eigenvalue weighted by molar-refractivity contribution is 5.35. The van der Waals surface area contributed by atoms with Gasteiger partial charge in [-0.2, -0.15) is 0 Å². The summed E-state index contributed by atoms with van der Waals surface area (Å²) in [6.45, 7) is 5.99. The zero-order chi connectivity index (χ0) is 13.9. The van der Waals surface area contributed by atoms with Crippen molar-refractivity contribution >= 4 is 5.95 Å². The van der Waals surface area contributed by atoms with Gasteiger partial charge < -0.3 is 19.5 Å². The topological polar surface area (TPSA) is 42.3 Å². The monoisotopic (exact) mass is 278 g/mol. The van der Waals surface area contributed by atoms with Gasteiger partial charge in [-0.3, -0.25) is 0 Å². The lowest BCUT2D eigenvalue weighted by Crippen LogP contribution is -2.36. The van der Waals surface area contributed by atoms with Gasteiger partial charge in [-0.25, -0.2) is 4.98 Å². The highest BCUT2D eigenvalue weighted by Gasteiger charge is 2.30. The van der Waals surface area contributed by atoms with Crippen LogP contribution in [0.3, 0.4) is 0 Å². The van der Waals surface area contributed by atoms with Crippen LogP contribution in [0.15, 0.2) is 6.20 Å². The number of nitrogens with one attached hydrogen (secondary N) is 1. The number of aromatic nitrogens is 2. The average molecular weight is 278 g/mol. The Morgan fingerprint density at radius 2 is 2.20 bits per heavy atom. The lowest BCUT2D eigenvalue weighted by Gasteiger charge is -2.26. The molecule has 2 unspecified atom stereocenters. The first kappa shape index (κ1) is 13.9. The molecular weight excluding hydrogens is 252 g/mol. The molecule has 112 valence electrons. The van der Waals surface area contributed by atoms with Crippen molar-refractivity contribution in [3.05, 3.63) is 11.9 Å². The second-order valence-corrected chi connectivity index (χ2v) is 5.94. The van der Waals surface area contributed by atoms with E-state index in [-0.39, 0.29) is 0 Å². The van der Waals surface area contributed by atoms with E-state index in [1.54, 1.807) is 7.11 Å². The summed E-state index contributed by atoms with van der Waals surface area (Å²) in [7, 11) is 1.76. The van der Waals surface area contributed by atoms with Crippen LogP contribution in [0.5, 0.6) is 0 Å². The quantitative estimate of drug-likeness (QED) is 0.884. The van der Waals surface area contributed by atoms with E-state index in [2.05, 4.69) is 27.9 Å². The Kier molecular flexibility index (Phi) is 4.27. The van der Waals surface area contributed by atoms with Gasteiger partial charge in [0.05, 0.1) is 12.3 Å². The van der Waals surface area contributed by atoms with Gasteiger partial charge in [-0.1, -0.05) is 6.92 Å². The number of anilines is 1. The third-order valence-corrected chi connectivity index (χ3v) is 4.51. The molecule has 0 amide bonds. The zero-order valence-electron chi connectivity index (χ0n) is 12.6. The summed E-state index contributed by atoms with van der Waals surface area (Å²) in [5.41, 5.74) is 1.18. The van der Waals surface area contributed by atoms with Crippen LogP contribution in [0.1, 0.15) is 31.9 Å². The van der Waals surface area contributed by atoms with E-state index in [9.17, 15) is 0 Å². The lowest BCUT2D eigenvalue weighted by molar-refractivity contribution is 0.187. The second kappa shape index (κ2) is 6.14. The molecular formula is C15H26N4O. The third-order valence-electron chi connectivity index (χ3n) is 4.51. The van der Waals surface area contributed by atoms with Crippen LogP contribution in [0.2, 0.25) is 0 Å². The van der Waals surface area contributed by atoms with E-state index in [1.165, 1.54) is 25.0 Å². The van der Waals surface area contributed by atoms with E-state index >= 15 is 0 Å². The Hall–Kier alpha value is -1.07. The minimum Gasteiger partial charge on any atom is -0.383 e. The fourth-order valence-electron chi connectivity index (χ4n) is 3.36. The van der Waals surface area contributed by atoms with Crippen molar-refractivity contribution in [1.29, 1.82) is 0 Å². The first-order valence-electron chi connectivity index (χ1n) is 7.86. The van der Waals surface area contributed by atoms with Gasteiger partial charge in [0.1, 0.15) is 0 Å². The van der Waals surface area contributed by atoms with Crippen LogP contribution in [-0.2, 0) is 17.7 Å². The van der Waals surface area contributed by atoms with Crippen molar-refractivity contribution in [2.45, 2.75) is 51.2 Å². The molecule has 5 nitrogen and oxygen atoms in total. The molecule has 5 heteroatoms. The molecule has 0 spiro atoms. The first-order valence-corrected chi connectivity index (χ1v) is 7.86. The standard InChI is InChI=1S/C15H26N4O/c1-3-12-10-19(8-9-20-2)15(17-12)18-7-6-13-4-5-14(11-18)16-13/h10,13-14,16H,3-9,11H2,1-2H3. The maximum atomic E-state index is 5.23. The van der Waals surface area contributed by atoms with Crippen molar-refractivity contribution in [2.75, 3.05) is 31.7 Å². The Bertz CT molecular complexity index is 445. The van der Waals surface area contributed by atoms with Crippen molar-refractivity contribution in [3.63, 3.8) is 0 Å². The largest absolute Gasteiger partial charge is 0.383 e. The minimum absolute atomic E-state index is 0.639. The van der Waals surface area contributed by atoms with Crippen LogP contribution in [-0.4, -0.2) is 48.4 Å². The van der Waals surface area contributed by atoms with Gasteiger partial charge in [0.2, 0.25) is 5.95 Å². The fourth-order valence-corrected chi connectivity index (χ4v) is 3.36. The summed E-state index contributed by atoms with van der Waals surface area (Å²) in [5, 5.41) is 3.73. The van der Waals surface area contributed by atoms with Crippen LogP contribution >= 0.6 is 0 Å². The molecule has 0 saturated carbocycles. The Morgan fingerprint density at radius 1 is 1.35 bits per heavy atom. The van der Waals surface area contributed by atoms with Gasteiger partial charge in [0.15, 0.2) is 0 Å². The molecule has 2 atom stereocenters. The number of aryl methyl sites for hydroxylation is 1. The van der Waals surface area contributed by atoms with Crippen molar-refractivity contribution in [2.24, 2.45) is 0 Å². The van der Waals surface area contributed by atoms with E-state index in [0.29, 0.717) is 6.04 Å². The molecule has 3 rings (SSSR count). The van der Waals surface area contributed by atoms with Crippen LogP contribution in [0.4, 0.5) is 5.95 Å². The molecule has 3 heterocycles. The smallest absolute Gasteiger partial charge is 0.205 e. The number of nitrogens with zero attached hydrogens (tertiary/aromatic N) is 3. The Balaban J connectivity index is 1.78. The normalized spacial score (nSPS) is 26.0. The molecule has 0 aromatic carbocycles. The van der Waals surface area contributed by atoms with Crippen LogP contribution in [0.25, 0.3) is 0 Å². The average Bonchev–Trinajstić information content (AvgIpc) is 3.00. The summed E-state index contributed by atoms with van der Waals surface area (Å²) in [6.07, 6.45) is 7.06. The van der Waals surface area contributed by atoms with Gasteiger partial charge in [0.25, 0.3) is 0 Å². The molecule has 1 aromatic heterocycles. The minimum atomic E-state index is 0.639. The van der Waals surface area contributed by atoms with Gasteiger partial charge in [0, 0.05) is 45.0 Å². The van der Waals surface area contributed by atoms with Crippen molar-refractivity contribution < 1.29 is 4.74 Å². The summed E-state index contributed by atoms with van der Waals surface area (Å²) >= 11 is 0. The van der Waals surface area contributed by atoms with Crippen LogP contribution in [0, 0.1) is 0 Å². The molecule has 0 radical (unpaired) electrons. The maximum Gasteiger partial charge on any atom is 0.205 e. The van der Waals surface area contributed by atoms with Gasteiger partial charge in [-0.05, 0) is 25.7 Å². The van der Waals surface area contributed by atoms with E-state index in [4.69, 9.17) is 9.72 Å². The molecule has 2 bridgehead atoms. The maximum absolute atomic E-state index is 5.23. The van der Waals surface area contributed by atoms with Crippen molar-refractivity contribution in [1.82, 2.24) is 14.9 Å². The highest BCUT2D eigenvalue weighted by Crippen LogP contribution is 2.24. The predicted molar refractivity (Wildman–Crippen MR) is 80.3 cm³/mol. The van der Waals surface area contributed by atoms with E-state index in [1.807, 2.05) is 0 Å². The molecule has 20 heavy (non-hydrogen) atoms. The second-order valence-electron chi connectivity index (χ2n) is 5.94. The number of hydrogen-bond acceptors (Lipinski definition) is 4. The highest BCUT2D eigenvalue weighted by atomic mass is 16.5. The SMILES string of the molecule is CCc1cn(CCOC)c(N2CCC3CCC(C2)N3)n1. The Morgan fingerprint density at radius 3 is 3.00 bits per heavy atom. The number of hydrogen-bond donors (Lipinski definition) is 1. The summed E-state index contributed by atoms with van der Waals surface area (Å²) in [5.74, 6) is 1.13. The molecule has 1 aromatic rings. The van der Waals surface area contributed by atoms with Gasteiger partial charge >= 0.3 is 0 Å². The summed E-state index contributed by atoms with van der Waals surface area (Å²) in [6, 6.07) is 1.36. The molecule has 1 N–H and O–H groups in total. The molecule has 2 saturated heterocycles. The van der Waals surface area contributed by atoms with E-state index in [0.717, 1.165) is 44.7 Å². The fraction of sp³-hybridized carbons (Fsp3) is 0.800. The zero-order valence-corrected chi connectivity index (χ0v) is 12.6. The Labute approximate surface area is 121 Å². The number of ether oxygens (including phenoxy) is 1.